The van der Waals surface area contributed by atoms with Crippen molar-refractivity contribution in [3.05, 3.63) is 54.0 Å². The Morgan fingerprint density at radius 1 is 1.22 bits per heavy atom. The van der Waals surface area contributed by atoms with Crippen molar-refractivity contribution in [3.63, 3.8) is 0 Å². The van der Waals surface area contributed by atoms with Gasteiger partial charge in [0.2, 0.25) is 5.91 Å². The third-order valence-electron chi connectivity index (χ3n) is 5.72. The molecular weight excluding hydrogens is 338 g/mol. The average molecular weight is 365 g/mol. The first kappa shape index (κ1) is 17.8. The summed E-state index contributed by atoms with van der Waals surface area (Å²) in [6.45, 7) is 5.79. The Morgan fingerprint density at radius 2 is 2.11 bits per heavy atom. The summed E-state index contributed by atoms with van der Waals surface area (Å²) >= 11 is 0. The molecule has 6 heteroatoms. The number of rotatable bonds is 5. The number of amides is 1. The van der Waals surface area contributed by atoms with Gasteiger partial charge in [-0.1, -0.05) is 6.07 Å². The van der Waals surface area contributed by atoms with Gasteiger partial charge in [0.25, 0.3) is 0 Å². The van der Waals surface area contributed by atoms with E-state index in [0.717, 1.165) is 55.2 Å². The highest BCUT2D eigenvalue weighted by Crippen LogP contribution is 2.22. The van der Waals surface area contributed by atoms with Crippen molar-refractivity contribution >= 4 is 11.6 Å². The first-order valence-electron chi connectivity index (χ1n) is 9.83. The number of hydrogen-bond donors (Lipinski definition) is 0. The van der Waals surface area contributed by atoms with Crippen LogP contribution in [-0.2, 0) is 17.8 Å². The summed E-state index contributed by atoms with van der Waals surface area (Å²) in [5.41, 5.74) is 2.85. The zero-order valence-corrected chi connectivity index (χ0v) is 16.1. The molecule has 1 atom stereocenters. The second-order valence-corrected chi connectivity index (χ2v) is 7.44. The molecule has 0 aliphatic carbocycles. The van der Waals surface area contributed by atoms with Gasteiger partial charge < -0.3 is 13.9 Å². The van der Waals surface area contributed by atoms with Crippen LogP contribution in [0.15, 0.2) is 36.8 Å². The Morgan fingerprint density at radius 3 is 2.93 bits per heavy atom. The summed E-state index contributed by atoms with van der Waals surface area (Å²) < 4.78 is 4.22. The molecule has 27 heavy (non-hydrogen) atoms. The lowest BCUT2D eigenvalue weighted by Gasteiger charge is -2.36. The molecule has 0 radical (unpaired) electrons. The first-order chi connectivity index (χ1) is 13.1. The van der Waals surface area contributed by atoms with Crippen molar-refractivity contribution in [2.45, 2.75) is 58.5 Å². The Kier molecular flexibility index (Phi) is 4.97. The zero-order valence-electron chi connectivity index (χ0n) is 16.1. The molecule has 0 bridgehead atoms. The summed E-state index contributed by atoms with van der Waals surface area (Å²) in [6.07, 6.45) is 10.6. The van der Waals surface area contributed by atoms with Crippen LogP contribution in [0.1, 0.15) is 42.9 Å². The molecular formula is C21H27N5O. The molecule has 0 unspecified atom stereocenters. The smallest absolute Gasteiger partial charge is 0.228 e. The maximum Gasteiger partial charge on any atom is 0.228 e. The van der Waals surface area contributed by atoms with Crippen molar-refractivity contribution in [2.75, 3.05) is 6.54 Å². The van der Waals surface area contributed by atoms with Crippen molar-refractivity contribution in [2.24, 2.45) is 0 Å². The minimum absolute atomic E-state index is 0.218. The van der Waals surface area contributed by atoms with Crippen LogP contribution in [0.25, 0.3) is 5.65 Å². The topological polar surface area (TPSA) is 55.4 Å². The Balaban J connectivity index is 1.48. The molecule has 142 valence electrons. The minimum Gasteiger partial charge on any atom is -0.339 e. The van der Waals surface area contributed by atoms with Gasteiger partial charge in [-0.3, -0.25) is 4.79 Å². The summed E-state index contributed by atoms with van der Waals surface area (Å²) in [5.74, 6) is 1.25. The van der Waals surface area contributed by atoms with Gasteiger partial charge in [-0.25, -0.2) is 9.97 Å². The molecule has 4 rings (SSSR count). The molecule has 1 fully saturated rings. The van der Waals surface area contributed by atoms with Gasteiger partial charge in [-0.15, -0.1) is 0 Å². The Bertz CT molecular complexity index is 941. The number of nitrogens with zero attached hydrogens (tertiary/aromatic N) is 5. The highest BCUT2D eigenvalue weighted by molar-refractivity contribution is 5.79. The van der Waals surface area contributed by atoms with Crippen molar-refractivity contribution < 1.29 is 4.79 Å². The van der Waals surface area contributed by atoms with Crippen LogP contribution >= 0.6 is 0 Å². The predicted molar refractivity (Wildman–Crippen MR) is 105 cm³/mol. The van der Waals surface area contributed by atoms with Gasteiger partial charge in [-0.05, 0) is 51.7 Å². The highest BCUT2D eigenvalue weighted by atomic mass is 16.2. The van der Waals surface area contributed by atoms with E-state index in [9.17, 15) is 4.79 Å². The van der Waals surface area contributed by atoms with Crippen LogP contribution in [0.5, 0.6) is 0 Å². The summed E-state index contributed by atoms with van der Waals surface area (Å²) in [7, 11) is 0. The number of imidazole rings is 2. The fourth-order valence-electron chi connectivity index (χ4n) is 4.18. The molecule has 0 spiro atoms. The lowest BCUT2D eigenvalue weighted by atomic mass is 9.98. The van der Waals surface area contributed by atoms with Gasteiger partial charge in [0.15, 0.2) is 0 Å². The number of hydrogen-bond acceptors (Lipinski definition) is 3. The van der Waals surface area contributed by atoms with Gasteiger partial charge in [0.05, 0.1) is 17.8 Å². The van der Waals surface area contributed by atoms with E-state index in [-0.39, 0.29) is 5.91 Å². The van der Waals surface area contributed by atoms with E-state index in [4.69, 9.17) is 0 Å². The van der Waals surface area contributed by atoms with E-state index in [0.29, 0.717) is 12.5 Å². The second kappa shape index (κ2) is 7.55. The third-order valence-corrected chi connectivity index (χ3v) is 5.72. The lowest BCUT2D eigenvalue weighted by Crippen LogP contribution is -2.45. The number of aryl methyl sites for hydroxylation is 3. The number of pyridine rings is 1. The number of carbonyl (C=O) groups is 1. The lowest BCUT2D eigenvalue weighted by molar-refractivity contribution is -0.134. The summed E-state index contributed by atoms with van der Waals surface area (Å²) in [5, 5.41) is 0. The standard InChI is InChI=1S/C21H27N5O/c1-16-19(26-12-6-4-8-20(26)23-16)15-21(27)25-11-5-3-7-18(25)9-13-24-14-10-22-17(24)2/h4,6,8,10,12,14,18H,3,5,7,9,11,13,15H2,1-2H3/t18-/m1/s1. The Hall–Kier alpha value is -2.63. The third kappa shape index (κ3) is 3.61. The van der Waals surface area contributed by atoms with Crippen molar-refractivity contribution in [3.8, 4) is 0 Å². The average Bonchev–Trinajstić information content (AvgIpc) is 3.23. The molecule has 1 saturated heterocycles. The van der Waals surface area contributed by atoms with Gasteiger partial charge >= 0.3 is 0 Å². The van der Waals surface area contributed by atoms with E-state index in [2.05, 4.69) is 19.4 Å². The quantitative estimate of drug-likeness (QED) is 0.698. The molecule has 0 saturated carbocycles. The molecule has 1 amide bonds. The number of piperidine rings is 1. The normalized spacial score (nSPS) is 17.6. The van der Waals surface area contributed by atoms with Crippen LogP contribution in [0.2, 0.25) is 0 Å². The van der Waals surface area contributed by atoms with Crippen LogP contribution < -0.4 is 0 Å². The minimum atomic E-state index is 0.218. The number of carbonyl (C=O) groups excluding carboxylic acids is 1. The van der Waals surface area contributed by atoms with Gasteiger partial charge in [0.1, 0.15) is 11.5 Å². The fraction of sp³-hybridized carbons (Fsp3) is 0.476. The zero-order chi connectivity index (χ0) is 18.8. The van der Waals surface area contributed by atoms with E-state index in [1.165, 1.54) is 6.42 Å². The molecule has 1 aliphatic heterocycles. The summed E-state index contributed by atoms with van der Waals surface area (Å²) in [6, 6.07) is 6.26. The molecule has 3 aromatic rings. The predicted octanol–water partition coefficient (Wildman–Crippen LogP) is 3.16. The van der Waals surface area contributed by atoms with Gasteiger partial charge in [0, 0.05) is 37.7 Å². The van der Waals surface area contributed by atoms with E-state index in [1.807, 2.05) is 55.0 Å². The van der Waals surface area contributed by atoms with E-state index < -0.39 is 0 Å². The van der Waals surface area contributed by atoms with Crippen LogP contribution in [0.4, 0.5) is 0 Å². The van der Waals surface area contributed by atoms with Crippen LogP contribution in [0.3, 0.4) is 0 Å². The largest absolute Gasteiger partial charge is 0.339 e. The maximum atomic E-state index is 13.2. The Labute approximate surface area is 159 Å². The number of aromatic nitrogens is 4. The molecule has 3 aromatic heterocycles. The molecule has 4 heterocycles. The monoisotopic (exact) mass is 365 g/mol. The van der Waals surface area contributed by atoms with Gasteiger partial charge in [-0.2, -0.15) is 0 Å². The first-order valence-corrected chi connectivity index (χ1v) is 9.83. The number of likely N-dealkylation sites (tertiary alicyclic amines) is 1. The molecule has 1 aliphatic rings. The SMILES string of the molecule is Cc1nc2ccccn2c1CC(=O)N1CCCC[C@@H]1CCn1ccnc1C. The van der Waals surface area contributed by atoms with E-state index >= 15 is 0 Å². The number of fused-ring (bicyclic) bond motifs is 1. The fourth-order valence-corrected chi connectivity index (χ4v) is 4.18. The highest BCUT2D eigenvalue weighted by Gasteiger charge is 2.27. The van der Waals surface area contributed by atoms with Crippen molar-refractivity contribution in [1.82, 2.24) is 23.8 Å². The molecule has 0 aromatic carbocycles. The van der Waals surface area contributed by atoms with Crippen LogP contribution in [0, 0.1) is 13.8 Å². The van der Waals surface area contributed by atoms with E-state index in [1.54, 1.807) is 0 Å². The maximum absolute atomic E-state index is 13.2. The molecule has 0 N–H and O–H groups in total. The van der Waals surface area contributed by atoms with Crippen molar-refractivity contribution in [1.29, 1.82) is 0 Å². The van der Waals surface area contributed by atoms with Crippen LogP contribution in [-0.4, -0.2) is 42.3 Å². The summed E-state index contributed by atoms with van der Waals surface area (Å²) in [4.78, 5) is 24.2. The molecule has 6 nitrogen and oxygen atoms in total. The second-order valence-electron chi connectivity index (χ2n) is 7.44.